The Kier molecular flexibility index (Phi) is 9.97. The summed E-state index contributed by atoms with van der Waals surface area (Å²) in [6, 6.07) is 5.20. The number of hydrogen-bond donors (Lipinski definition) is 0. The Labute approximate surface area is 168 Å². The largest absolute Gasteiger partial charge is 0.453 e. The molecule has 1 aliphatic rings. The van der Waals surface area contributed by atoms with Gasteiger partial charge in [-0.05, 0) is 32.4 Å². The number of para-hydroxylation sites is 1. The van der Waals surface area contributed by atoms with E-state index in [2.05, 4.69) is 37.2 Å². The highest BCUT2D eigenvalue weighted by molar-refractivity contribution is 5.77. The number of nitrogens with zero attached hydrogens (tertiary/aromatic N) is 3. The zero-order chi connectivity index (χ0) is 21.3. The molecule has 0 spiro atoms. The summed E-state index contributed by atoms with van der Waals surface area (Å²) in [5.74, 6) is 0.649. The van der Waals surface area contributed by atoms with Crippen LogP contribution < -0.4 is 0 Å². The average Bonchev–Trinajstić information content (AvgIpc) is 3.34. The van der Waals surface area contributed by atoms with Gasteiger partial charge >= 0.3 is 6.09 Å². The van der Waals surface area contributed by atoms with E-state index >= 15 is 0 Å². The molecule has 5 nitrogen and oxygen atoms in total. The van der Waals surface area contributed by atoms with Crippen LogP contribution in [0.2, 0.25) is 0 Å². The number of carbonyl (C=O) groups excluding carboxylic acids is 1. The van der Waals surface area contributed by atoms with Gasteiger partial charge < -0.3 is 14.2 Å². The summed E-state index contributed by atoms with van der Waals surface area (Å²) >= 11 is 0. The van der Waals surface area contributed by atoms with Crippen molar-refractivity contribution in [2.45, 2.75) is 72.8 Å². The molecule has 0 saturated carbocycles. The number of aromatic nitrogens is 2. The van der Waals surface area contributed by atoms with Crippen LogP contribution in [0.15, 0.2) is 18.2 Å². The van der Waals surface area contributed by atoms with Crippen molar-refractivity contribution in [3.8, 4) is 0 Å². The maximum absolute atomic E-state index is 14.0. The molecule has 158 valence electrons. The van der Waals surface area contributed by atoms with Crippen molar-refractivity contribution in [1.29, 1.82) is 0 Å². The van der Waals surface area contributed by atoms with Crippen molar-refractivity contribution >= 4 is 17.1 Å². The molecule has 3 rings (SSSR count). The van der Waals surface area contributed by atoms with Crippen molar-refractivity contribution in [1.82, 2.24) is 14.5 Å². The molecular weight excluding hydrogens is 357 g/mol. The van der Waals surface area contributed by atoms with E-state index in [1.165, 1.54) is 26.0 Å². The van der Waals surface area contributed by atoms with E-state index in [9.17, 15) is 9.18 Å². The number of fused-ring (bicyclic) bond motifs is 1. The Balaban J connectivity index is 0.000000583. The molecule has 1 amide bonds. The molecule has 1 fully saturated rings. The Bertz CT molecular complexity index is 741. The van der Waals surface area contributed by atoms with Crippen molar-refractivity contribution in [2.75, 3.05) is 20.2 Å². The van der Waals surface area contributed by atoms with Gasteiger partial charge in [0.15, 0.2) is 5.82 Å². The molecule has 0 bridgehead atoms. The molecule has 0 aliphatic carbocycles. The van der Waals surface area contributed by atoms with Gasteiger partial charge in [0.05, 0.1) is 12.6 Å². The van der Waals surface area contributed by atoms with Crippen molar-refractivity contribution in [3.05, 3.63) is 29.8 Å². The van der Waals surface area contributed by atoms with Crippen LogP contribution >= 0.6 is 0 Å². The van der Waals surface area contributed by atoms with Crippen LogP contribution in [0.3, 0.4) is 0 Å². The number of likely N-dealkylation sites (tertiary alicyclic amines) is 1. The van der Waals surface area contributed by atoms with E-state index in [1.807, 2.05) is 19.9 Å². The van der Waals surface area contributed by atoms with Gasteiger partial charge in [0.1, 0.15) is 11.3 Å². The lowest BCUT2D eigenvalue weighted by Gasteiger charge is -2.18. The summed E-state index contributed by atoms with van der Waals surface area (Å²) in [4.78, 5) is 17.9. The SMILES string of the molecule is CC.CCCC.COC(=O)N1CC[C@H](c2nc3c(F)cccc3n2C(C)C)C1. The number of ether oxygens (including phenoxy) is 1. The zero-order valence-corrected chi connectivity index (χ0v) is 18.5. The summed E-state index contributed by atoms with van der Waals surface area (Å²) in [7, 11) is 1.38. The van der Waals surface area contributed by atoms with Crippen LogP contribution in [0.1, 0.15) is 78.6 Å². The lowest BCUT2D eigenvalue weighted by atomic mass is 10.1. The highest BCUT2D eigenvalue weighted by atomic mass is 19.1. The molecule has 0 N–H and O–H groups in total. The Hall–Kier alpha value is -2.11. The molecule has 1 saturated heterocycles. The summed E-state index contributed by atoms with van der Waals surface area (Å²) in [6.07, 6.45) is 3.13. The predicted molar refractivity (Wildman–Crippen MR) is 113 cm³/mol. The summed E-state index contributed by atoms with van der Waals surface area (Å²) < 4.78 is 20.9. The van der Waals surface area contributed by atoms with Crippen LogP contribution in [0, 0.1) is 5.82 Å². The van der Waals surface area contributed by atoms with Gasteiger partial charge in [-0.1, -0.05) is 46.6 Å². The first kappa shape index (κ1) is 23.9. The zero-order valence-electron chi connectivity index (χ0n) is 18.5. The summed E-state index contributed by atoms with van der Waals surface area (Å²) in [5, 5.41) is 0. The Morgan fingerprint density at radius 1 is 1.29 bits per heavy atom. The van der Waals surface area contributed by atoms with E-state index in [-0.39, 0.29) is 23.9 Å². The maximum Gasteiger partial charge on any atom is 0.409 e. The minimum atomic E-state index is -0.319. The standard InChI is InChI=1S/C16H20FN3O2.C4H10.C2H6/c1-10(2)20-13-6-4-5-12(17)14(13)18-15(20)11-7-8-19(9-11)16(21)22-3;1-3-4-2;1-2/h4-6,10-11H,7-9H2,1-3H3;3-4H2,1-2H3;1-2H3/t11-;;/m0../s1. The first-order valence-corrected chi connectivity index (χ1v) is 10.4. The lowest BCUT2D eigenvalue weighted by molar-refractivity contribution is 0.132. The fraction of sp³-hybridized carbons (Fsp3) is 0.636. The van der Waals surface area contributed by atoms with E-state index in [4.69, 9.17) is 4.74 Å². The van der Waals surface area contributed by atoms with Crippen LogP contribution in [-0.4, -0.2) is 40.7 Å². The number of rotatable bonds is 3. The Morgan fingerprint density at radius 3 is 2.46 bits per heavy atom. The van der Waals surface area contributed by atoms with Gasteiger partial charge in [0.2, 0.25) is 0 Å². The van der Waals surface area contributed by atoms with Gasteiger partial charge in [-0.25, -0.2) is 14.2 Å². The molecule has 1 aromatic carbocycles. The van der Waals surface area contributed by atoms with Gasteiger partial charge in [-0.3, -0.25) is 0 Å². The molecule has 6 heteroatoms. The smallest absolute Gasteiger partial charge is 0.409 e. The quantitative estimate of drug-likeness (QED) is 0.629. The maximum atomic E-state index is 14.0. The van der Waals surface area contributed by atoms with Crippen LogP contribution in [0.5, 0.6) is 0 Å². The first-order valence-electron chi connectivity index (χ1n) is 10.4. The van der Waals surface area contributed by atoms with Crippen LogP contribution in [0.25, 0.3) is 11.0 Å². The second kappa shape index (κ2) is 11.7. The molecule has 0 radical (unpaired) electrons. The van der Waals surface area contributed by atoms with E-state index in [1.54, 1.807) is 11.0 Å². The Morgan fingerprint density at radius 2 is 1.93 bits per heavy atom. The second-order valence-corrected chi connectivity index (χ2v) is 6.94. The van der Waals surface area contributed by atoms with Crippen molar-refractivity contribution < 1.29 is 13.9 Å². The van der Waals surface area contributed by atoms with Gasteiger partial charge in [0, 0.05) is 25.0 Å². The number of imidazole rings is 1. The number of benzene rings is 1. The van der Waals surface area contributed by atoms with Crippen molar-refractivity contribution in [2.24, 2.45) is 0 Å². The fourth-order valence-electron chi connectivity index (χ4n) is 3.20. The van der Waals surface area contributed by atoms with Gasteiger partial charge in [-0.15, -0.1) is 0 Å². The number of methoxy groups -OCH3 is 1. The fourth-order valence-corrected chi connectivity index (χ4v) is 3.20. The molecular formula is C22H36FN3O2. The number of carbonyl (C=O) groups is 1. The monoisotopic (exact) mass is 393 g/mol. The molecule has 2 heterocycles. The summed E-state index contributed by atoms with van der Waals surface area (Å²) in [6.45, 7) is 13.7. The van der Waals surface area contributed by atoms with E-state index < -0.39 is 0 Å². The minimum Gasteiger partial charge on any atom is -0.453 e. The third-order valence-corrected chi connectivity index (χ3v) is 4.70. The predicted octanol–water partition coefficient (Wildman–Crippen LogP) is 6.14. The van der Waals surface area contributed by atoms with E-state index in [0.717, 1.165) is 17.8 Å². The van der Waals surface area contributed by atoms with Gasteiger partial charge in [-0.2, -0.15) is 0 Å². The highest BCUT2D eigenvalue weighted by Crippen LogP contribution is 2.32. The number of amides is 1. The first-order chi connectivity index (χ1) is 13.4. The van der Waals surface area contributed by atoms with Crippen LogP contribution in [-0.2, 0) is 4.74 Å². The lowest BCUT2D eigenvalue weighted by Crippen LogP contribution is -2.28. The minimum absolute atomic E-state index is 0.105. The molecule has 2 aromatic rings. The topological polar surface area (TPSA) is 47.4 Å². The average molecular weight is 394 g/mol. The molecule has 1 aliphatic heterocycles. The number of unbranched alkanes of at least 4 members (excludes halogenated alkanes) is 1. The molecule has 1 aromatic heterocycles. The van der Waals surface area contributed by atoms with Crippen LogP contribution in [0.4, 0.5) is 9.18 Å². The normalized spacial score (nSPS) is 15.8. The number of hydrogen-bond acceptors (Lipinski definition) is 3. The third kappa shape index (κ3) is 5.46. The number of halogens is 1. The second-order valence-electron chi connectivity index (χ2n) is 6.94. The van der Waals surface area contributed by atoms with E-state index in [0.29, 0.717) is 18.6 Å². The highest BCUT2D eigenvalue weighted by Gasteiger charge is 2.32. The summed E-state index contributed by atoms with van der Waals surface area (Å²) in [5.41, 5.74) is 1.21. The third-order valence-electron chi connectivity index (χ3n) is 4.70. The molecule has 28 heavy (non-hydrogen) atoms. The molecule has 0 unspecified atom stereocenters. The van der Waals surface area contributed by atoms with Gasteiger partial charge in [0.25, 0.3) is 0 Å². The molecule has 1 atom stereocenters. The van der Waals surface area contributed by atoms with Crippen molar-refractivity contribution in [3.63, 3.8) is 0 Å².